The van der Waals surface area contributed by atoms with Gasteiger partial charge in [-0.1, -0.05) is 6.42 Å². The van der Waals surface area contributed by atoms with Gasteiger partial charge in [0.15, 0.2) is 0 Å². The van der Waals surface area contributed by atoms with Crippen molar-refractivity contribution in [2.45, 2.75) is 32.2 Å². The van der Waals surface area contributed by atoms with Gasteiger partial charge in [0.25, 0.3) is 0 Å². The fraction of sp³-hybridized carbons (Fsp3) is 0.643. The van der Waals surface area contributed by atoms with E-state index in [0.29, 0.717) is 12.5 Å². The summed E-state index contributed by atoms with van der Waals surface area (Å²) in [5.74, 6) is 0.682. The number of pyridine rings is 1. The van der Waals surface area contributed by atoms with Gasteiger partial charge in [0.2, 0.25) is 5.88 Å². The van der Waals surface area contributed by atoms with Crippen LogP contribution >= 0.6 is 0 Å². The van der Waals surface area contributed by atoms with Crippen molar-refractivity contribution < 1.29 is 4.74 Å². The van der Waals surface area contributed by atoms with Crippen molar-refractivity contribution in [2.24, 2.45) is 5.73 Å². The van der Waals surface area contributed by atoms with Crippen LogP contribution in [0.2, 0.25) is 0 Å². The van der Waals surface area contributed by atoms with Crippen molar-refractivity contribution in [3.8, 4) is 5.88 Å². The molecule has 100 valence electrons. The minimum absolute atomic E-state index is 0.0254. The normalized spacial score (nSPS) is 18.6. The summed E-state index contributed by atoms with van der Waals surface area (Å²) in [7, 11) is 0. The third-order valence-corrected chi connectivity index (χ3v) is 3.39. The Bertz CT molecular complexity index is 362. The second-order valence-electron chi connectivity index (χ2n) is 4.97. The summed E-state index contributed by atoms with van der Waals surface area (Å²) in [6, 6.07) is 3.89. The molecule has 2 N–H and O–H groups in total. The van der Waals surface area contributed by atoms with Gasteiger partial charge >= 0.3 is 0 Å². The van der Waals surface area contributed by atoms with Crippen molar-refractivity contribution in [1.29, 1.82) is 0 Å². The maximum Gasteiger partial charge on any atom is 0.213 e. The summed E-state index contributed by atoms with van der Waals surface area (Å²) in [6.07, 6.45) is 5.76. The first kappa shape index (κ1) is 13.3. The van der Waals surface area contributed by atoms with E-state index < -0.39 is 0 Å². The number of nitrogens with two attached hydrogens (primary N) is 1. The minimum Gasteiger partial charge on any atom is -0.476 e. The van der Waals surface area contributed by atoms with Gasteiger partial charge in [-0.15, -0.1) is 0 Å². The number of hydrogen-bond donors (Lipinski definition) is 1. The molecular formula is C14H23N3O. The molecule has 1 aromatic heterocycles. The lowest BCUT2D eigenvalue weighted by Crippen LogP contribution is -2.33. The Hall–Kier alpha value is -1.13. The quantitative estimate of drug-likeness (QED) is 0.866. The highest BCUT2D eigenvalue weighted by atomic mass is 16.5. The van der Waals surface area contributed by atoms with Crippen molar-refractivity contribution in [2.75, 3.05) is 26.2 Å². The summed E-state index contributed by atoms with van der Waals surface area (Å²) in [5.41, 5.74) is 6.90. The van der Waals surface area contributed by atoms with Crippen LogP contribution in [0.25, 0.3) is 0 Å². The lowest BCUT2D eigenvalue weighted by atomic mass is 10.1. The molecular weight excluding hydrogens is 226 g/mol. The van der Waals surface area contributed by atoms with Gasteiger partial charge < -0.3 is 10.5 Å². The van der Waals surface area contributed by atoms with Crippen LogP contribution in [-0.4, -0.2) is 36.1 Å². The zero-order valence-corrected chi connectivity index (χ0v) is 11.1. The van der Waals surface area contributed by atoms with E-state index >= 15 is 0 Å². The largest absolute Gasteiger partial charge is 0.476 e. The van der Waals surface area contributed by atoms with Crippen LogP contribution in [0.15, 0.2) is 18.3 Å². The molecule has 1 saturated heterocycles. The SMILES string of the molecule is CC(N)c1ccnc(OCCN2CCCCC2)c1. The van der Waals surface area contributed by atoms with Gasteiger partial charge in [-0.2, -0.15) is 0 Å². The second-order valence-corrected chi connectivity index (χ2v) is 4.97. The highest BCUT2D eigenvalue weighted by Crippen LogP contribution is 2.14. The Balaban J connectivity index is 1.77. The van der Waals surface area contributed by atoms with Gasteiger partial charge in [0.1, 0.15) is 6.61 Å². The van der Waals surface area contributed by atoms with E-state index in [9.17, 15) is 0 Å². The molecule has 1 unspecified atom stereocenters. The molecule has 0 aliphatic carbocycles. The molecule has 0 radical (unpaired) electrons. The third-order valence-electron chi connectivity index (χ3n) is 3.39. The van der Waals surface area contributed by atoms with Crippen molar-refractivity contribution in [3.63, 3.8) is 0 Å². The Morgan fingerprint density at radius 2 is 2.17 bits per heavy atom. The van der Waals surface area contributed by atoms with E-state index in [1.165, 1.54) is 32.4 Å². The Morgan fingerprint density at radius 3 is 2.89 bits per heavy atom. The molecule has 0 aromatic carbocycles. The van der Waals surface area contributed by atoms with Gasteiger partial charge in [-0.3, -0.25) is 4.90 Å². The van der Waals surface area contributed by atoms with Crippen LogP contribution in [-0.2, 0) is 0 Å². The van der Waals surface area contributed by atoms with E-state index in [4.69, 9.17) is 10.5 Å². The third kappa shape index (κ3) is 3.96. The first-order valence-corrected chi connectivity index (χ1v) is 6.82. The molecule has 0 spiro atoms. The molecule has 1 fully saturated rings. The molecule has 4 heteroatoms. The predicted octanol–water partition coefficient (Wildman–Crippen LogP) is 1.97. The van der Waals surface area contributed by atoms with Gasteiger partial charge in [0, 0.05) is 24.8 Å². The van der Waals surface area contributed by atoms with Crippen LogP contribution in [0.5, 0.6) is 5.88 Å². The standard InChI is InChI=1S/C14H23N3O/c1-12(15)13-5-6-16-14(11-13)18-10-9-17-7-3-2-4-8-17/h5-6,11-12H,2-4,7-10,15H2,1H3. The Morgan fingerprint density at radius 1 is 1.39 bits per heavy atom. The van der Waals surface area contributed by atoms with E-state index in [-0.39, 0.29) is 6.04 Å². The van der Waals surface area contributed by atoms with Crippen LogP contribution in [0.1, 0.15) is 37.8 Å². The van der Waals surface area contributed by atoms with E-state index in [1.54, 1.807) is 6.20 Å². The fourth-order valence-corrected chi connectivity index (χ4v) is 2.25. The van der Waals surface area contributed by atoms with Gasteiger partial charge in [-0.05, 0) is 44.5 Å². The van der Waals surface area contributed by atoms with E-state index in [1.807, 2.05) is 19.1 Å². The lowest BCUT2D eigenvalue weighted by molar-refractivity contribution is 0.180. The summed E-state index contributed by atoms with van der Waals surface area (Å²) in [5, 5.41) is 0. The first-order chi connectivity index (χ1) is 8.75. The molecule has 2 heterocycles. The molecule has 18 heavy (non-hydrogen) atoms. The topological polar surface area (TPSA) is 51.4 Å². The summed E-state index contributed by atoms with van der Waals surface area (Å²) >= 11 is 0. The number of rotatable bonds is 5. The number of nitrogens with zero attached hydrogens (tertiary/aromatic N) is 2. The number of ether oxygens (including phenoxy) is 1. The Kier molecular flexibility index (Phi) is 4.96. The smallest absolute Gasteiger partial charge is 0.213 e. The number of piperidine rings is 1. The molecule has 1 aliphatic heterocycles. The molecule has 0 saturated carbocycles. The average molecular weight is 249 g/mol. The molecule has 4 nitrogen and oxygen atoms in total. The van der Waals surface area contributed by atoms with Crippen LogP contribution in [0.3, 0.4) is 0 Å². The van der Waals surface area contributed by atoms with Crippen molar-refractivity contribution in [3.05, 3.63) is 23.9 Å². The zero-order valence-electron chi connectivity index (χ0n) is 11.1. The molecule has 1 aliphatic rings. The van der Waals surface area contributed by atoms with Crippen LogP contribution < -0.4 is 10.5 Å². The highest BCUT2D eigenvalue weighted by Gasteiger charge is 2.09. The average Bonchev–Trinajstić information content (AvgIpc) is 2.40. The number of likely N-dealkylation sites (tertiary alicyclic amines) is 1. The number of aromatic nitrogens is 1. The Labute approximate surface area is 109 Å². The van der Waals surface area contributed by atoms with Gasteiger partial charge in [-0.25, -0.2) is 4.98 Å². The summed E-state index contributed by atoms with van der Waals surface area (Å²) < 4.78 is 5.69. The van der Waals surface area contributed by atoms with Crippen molar-refractivity contribution >= 4 is 0 Å². The van der Waals surface area contributed by atoms with Crippen molar-refractivity contribution in [1.82, 2.24) is 9.88 Å². The fourth-order valence-electron chi connectivity index (χ4n) is 2.25. The van der Waals surface area contributed by atoms with Gasteiger partial charge in [0.05, 0.1) is 0 Å². The minimum atomic E-state index is 0.0254. The zero-order chi connectivity index (χ0) is 12.8. The molecule has 2 rings (SSSR count). The maximum absolute atomic E-state index is 5.84. The maximum atomic E-state index is 5.84. The summed E-state index contributed by atoms with van der Waals surface area (Å²) in [4.78, 5) is 6.67. The highest BCUT2D eigenvalue weighted by molar-refractivity contribution is 5.22. The summed E-state index contributed by atoms with van der Waals surface area (Å²) in [6.45, 7) is 6.07. The molecule has 1 atom stereocenters. The monoisotopic (exact) mass is 249 g/mol. The predicted molar refractivity (Wildman–Crippen MR) is 72.6 cm³/mol. The van der Waals surface area contributed by atoms with E-state index in [0.717, 1.165) is 12.1 Å². The lowest BCUT2D eigenvalue weighted by Gasteiger charge is -2.26. The van der Waals surface area contributed by atoms with Crippen LogP contribution in [0, 0.1) is 0 Å². The van der Waals surface area contributed by atoms with E-state index in [2.05, 4.69) is 9.88 Å². The second kappa shape index (κ2) is 6.71. The number of hydrogen-bond acceptors (Lipinski definition) is 4. The first-order valence-electron chi connectivity index (χ1n) is 6.82. The molecule has 0 bridgehead atoms. The molecule has 1 aromatic rings. The molecule has 0 amide bonds. The van der Waals surface area contributed by atoms with Crippen LogP contribution in [0.4, 0.5) is 0 Å².